The van der Waals surface area contributed by atoms with Crippen molar-refractivity contribution in [1.82, 2.24) is 15.0 Å². The molecule has 0 unspecified atom stereocenters. The van der Waals surface area contributed by atoms with Gasteiger partial charge in [-0.15, -0.1) is 11.3 Å². The Morgan fingerprint density at radius 2 is 1.09 bits per heavy atom. The van der Waals surface area contributed by atoms with Gasteiger partial charge in [0, 0.05) is 42.1 Å². The van der Waals surface area contributed by atoms with Crippen LogP contribution in [0.15, 0.2) is 144 Å². The molecule has 0 saturated heterocycles. The molecule has 6 aromatic carbocycles. The van der Waals surface area contributed by atoms with Crippen LogP contribution in [0.1, 0.15) is 0 Å². The Bertz CT molecular complexity index is 2500. The molecule has 3 heterocycles. The van der Waals surface area contributed by atoms with Gasteiger partial charge < -0.3 is 4.42 Å². The largest absolute Gasteiger partial charge is 0.455 e. The Morgan fingerprint density at radius 1 is 0.432 bits per heavy atom. The number of benzene rings is 6. The summed E-state index contributed by atoms with van der Waals surface area (Å²) in [4.78, 5) is 15.2. The molecule has 0 amide bonds. The van der Waals surface area contributed by atoms with Crippen molar-refractivity contribution in [3.8, 4) is 45.3 Å². The van der Waals surface area contributed by atoms with Gasteiger partial charge in [-0.1, -0.05) is 115 Å². The second-order valence-electron chi connectivity index (χ2n) is 10.8. The smallest absolute Gasteiger partial charge is 0.167 e. The number of hydrogen-bond acceptors (Lipinski definition) is 5. The molecule has 0 radical (unpaired) electrons. The van der Waals surface area contributed by atoms with E-state index in [1.807, 2.05) is 60.7 Å². The highest BCUT2D eigenvalue weighted by molar-refractivity contribution is 7.26. The minimum Gasteiger partial charge on any atom is -0.455 e. The van der Waals surface area contributed by atoms with Crippen LogP contribution in [0.4, 0.5) is 0 Å². The van der Waals surface area contributed by atoms with E-state index in [-0.39, 0.29) is 0 Å². The Morgan fingerprint density at radius 3 is 1.93 bits per heavy atom. The molecule has 0 aliphatic rings. The maximum absolute atomic E-state index is 6.39. The van der Waals surface area contributed by atoms with E-state index in [4.69, 9.17) is 19.4 Å². The summed E-state index contributed by atoms with van der Waals surface area (Å²) in [6, 6.07) is 48.0. The van der Waals surface area contributed by atoms with Gasteiger partial charge in [0.15, 0.2) is 17.5 Å². The molecule has 0 N–H and O–H groups in total. The van der Waals surface area contributed by atoms with Gasteiger partial charge in [-0.2, -0.15) is 0 Å². The van der Waals surface area contributed by atoms with Crippen LogP contribution in [0.3, 0.4) is 0 Å². The molecule has 9 rings (SSSR count). The summed E-state index contributed by atoms with van der Waals surface area (Å²) < 4.78 is 8.83. The van der Waals surface area contributed by atoms with Gasteiger partial charge in [0.1, 0.15) is 11.2 Å². The van der Waals surface area contributed by atoms with Crippen molar-refractivity contribution >= 4 is 53.4 Å². The maximum Gasteiger partial charge on any atom is 0.167 e. The summed E-state index contributed by atoms with van der Waals surface area (Å²) in [6.07, 6.45) is 0. The Labute approximate surface area is 256 Å². The molecule has 0 aliphatic carbocycles. The fraction of sp³-hybridized carbons (Fsp3) is 0. The highest BCUT2D eigenvalue weighted by Crippen LogP contribution is 2.42. The Balaban J connectivity index is 1.29. The predicted molar refractivity (Wildman–Crippen MR) is 182 cm³/mol. The second kappa shape index (κ2) is 9.97. The molecular formula is C39H23N3OS. The summed E-state index contributed by atoms with van der Waals surface area (Å²) in [6.45, 7) is 0. The minimum atomic E-state index is 0.585. The molecule has 4 nitrogen and oxygen atoms in total. The minimum absolute atomic E-state index is 0.585. The van der Waals surface area contributed by atoms with Crippen LogP contribution in [-0.2, 0) is 0 Å². The number of furan rings is 1. The fourth-order valence-corrected chi connectivity index (χ4v) is 7.25. The third-order valence-electron chi connectivity index (χ3n) is 8.16. The predicted octanol–water partition coefficient (Wildman–Crippen LogP) is 10.8. The van der Waals surface area contributed by atoms with E-state index < -0.39 is 0 Å². The molecule has 0 fully saturated rings. The number of hydrogen-bond donors (Lipinski definition) is 0. The SMILES string of the molecule is c1ccc(-c2ccc3c(c2)sc2cccc(-c4nc(-c5ccccc5)nc(-c5cccc6c5oc5ccccc56)n4)c23)cc1. The lowest BCUT2D eigenvalue weighted by Gasteiger charge is -2.10. The first-order valence-electron chi connectivity index (χ1n) is 14.5. The van der Waals surface area contributed by atoms with Gasteiger partial charge in [-0.25, -0.2) is 15.0 Å². The highest BCUT2D eigenvalue weighted by atomic mass is 32.1. The third kappa shape index (κ3) is 4.02. The van der Waals surface area contributed by atoms with E-state index >= 15 is 0 Å². The van der Waals surface area contributed by atoms with Crippen LogP contribution in [0.5, 0.6) is 0 Å². The van der Waals surface area contributed by atoms with E-state index in [1.165, 1.54) is 25.9 Å². The van der Waals surface area contributed by atoms with Crippen molar-refractivity contribution in [1.29, 1.82) is 0 Å². The first-order valence-corrected chi connectivity index (χ1v) is 15.3. The summed E-state index contributed by atoms with van der Waals surface area (Å²) in [5.74, 6) is 1.85. The molecular weight excluding hydrogens is 559 g/mol. The van der Waals surface area contributed by atoms with E-state index in [9.17, 15) is 0 Å². The van der Waals surface area contributed by atoms with Crippen LogP contribution >= 0.6 is 11.3 Å². The van der Waals surface area contributed by atoms with E-state index in [0.717, 1.165) is 44.0 Å². The van der Waals surface area contributed by atoms with Gasteiger partial charge in [0.05, 0.1) is 5.56 Å². The van der Waals surface area contributed by atoms with Crippen molar-refractivity contribution in [2.45, 2.75) is 0 Å². The zero-order valence-corrected chi connectivity index (χ0v) is 24.3. The fourth-order valence-electron chi connectivity index (χ4n) is 6.08. The zero-order valence-electron chi connectivity index (χ0n) is 23.4. The van der Waals surface area contributed by atoms with Crippen molar-refractivity contribution in [2.24, 2.45) is 0 Å². The van der Waals surface area contributed by atoms with Crippen LogP contribution < -0.4 is 0 Å². The van der Waals surface area contributed by atoms with Crippen molar-refractivity contribution in [3.63, 3.8) is 0 Å². The lowest BCUT2D eigenvalue weighted by molar-refractivity contribution is 0.669. The number of rotatable bonds is 4. The molecule has 44 heavy (non-hydrogen) atoms. The lowest BCUT2D eigenvalue weighted by atomic mass is 10.0. The molecule has 0 aliphatic heterocycles. The van der Waals surface area contributed by atoms with E-state index in [1.54, 1.807) is 11.3 Å². The normalized spacial score (nSPS) is 11.6. The third-order valence-corrected chi connectivity index (χ3v) is 9.28. The monoisotopic (exact) mass is 581 g/mol. The summed E-state index contributed by atoms with van der Waals surface area (Å²) in [5.41, 5.74) is 6.80. The number of fused-ring (bicyclic) bond motifs is 6. The topological polar surface area (TPSA) is 51.8 Å². The first kappa shape index (κ1) is 24.9. The Hall–Kier alpha value is -5.65. The maximum atomic E-state index is 6.39. The molecule has 0 saturated carbocycles. The van der Waals surface area contributed by atoms with Gasteiger partial charge in [-0.05, 0) is 35.4 Å². The average molecular weight is 582 g/mol. The summed E-state index contributed by atoms with van der Waals surface area (Å²) in [5, 5.41) is 4.47. The molecule has 0 atom stereocenters. The molecule has 5 heteroatoms. The number of thiophene rings is 1. The molecule has 9 aromatic rings. The zero-order chi connectivity index (χ0) is 29.0. The standard InChI is InChI=1S/C39H23N3OS/c1-3-11-24(12-4-1)26-21-22-29-34(23-26)44-33-20-10-17-30(35(29)33)38-40-37(25-13-5-2-6-14-25)41-39(42-38)31-18-9-16-28-27-15-7-8-19-32(27)43-36(28)31/h1-23H. The summed E-state index contributed by atoms with van der Waals surface area (Å²) in [7, 11) is 0. The molecule has 0 spiro atoms. The van der Waals surface area contributed by atoms with Gasteiger partial charge in [0.25, 0.3) is 0 Å². The van der Waals surface area contributed by atoms with Crippen molar-refractivity contribution < 1.29 is 4.42 Å². The van der Waals surface area contributed by atoms with Gasteiger partial charge in [-0.3, -0.25) is 0 Å². The van der Waals surface area contributed by atoms with Crippen LogP contribution in [0, 0.1) is 0 Å². The van der Waals surface area contributed by atoms with Crippen molar-refractivity contribution in [3.05, 3.63) is 140 Å². The summed E-state index contributed by atoms with van der Waals surface area (Å²) >= 11 is 1.80. The number of nitrogens with zero attached hydrogens (tertiary/aromatic N) is 3. The molecule has 3 aromatic heterocycles. The van der Waals surface area contributed by atoms with E-state index in [0.29, 0.717) is 17.5 Å². The molecule has 206 valence electrons. The second-order valence-corrected chi connectivity index (χ2v) is 11.9. The number of aromatic nitrogens is 3. The van der Waals surface area contributed by atoms with Gasteiger partial charge >= 0.3 is 0 Å². The van der Waals surface area contributed by atoms with Crippen LogP contribution in [-0.4, -0.2) is 15.0 Å². The first-order chi connectivity index (χ1) is 21.8. The average Bonchev–Trinajstić information content (AvgIpc) is 3.67. The van der Waals surface area contributed by atoms with Crippen LogP contribution in [0.25, 0.3) is 87.4 Å². The molecule has 0 bridgehead atoms. The lowest BCUT2D eigenvalue weighted by Crippen LogP contribution is -2.00. The van der Waals surface area contributed by atoms with Gasteiger partial charge in [0.2, 0.25) is 0 Å². The Kier molecular flexibility index (Phi) is 5.64. The number of para-hydroxylation sites is 2. The highest BCUT2D eigenvalue weighted by Gasteiger charge is 2.20. The van der Waals surface area contributed by atoms with Crippen molar-refractivity contribution in [2.75, 3.05) is 0 Å². The quantitative estimate of drug-likeness (QED) is 0.207. The van der Waals surface area contributed by atoms with E-state index in [2.05, 4.69) is 78.9 Å². The van der Waals surface area contributed by atoms with Crippen LogP contribution in [0.2, 0.25) is 0 Å².